The van der Waals surface area contributed by atoms with Crippen LogP contribution in [0.4, 0.5) is 5.69 Å². The van der Waals surface area contributed by atoms with Crippen LogP contribution in [-0.2, 0) is 5.41 Å². The molecule has 1 unspecified atom stereocenters. The third-order valence-electron chi connectivity index (χ3n) is 3.68. The van der Waals surface area contributed by atoms with Crippen LogP contribution in [0.15, 0.2) is 18.3 Å². The molecule has 2 rings (SSSR count). The van der Waals surface area contributed by atoms with Gasteiger partial charge in [-0.2, -0.15) is 0 Å². The van der Waals surface area contributed by atoms with Crippen LogP contribution in [0.5, 0.6) is 0 Å². The average molecular weight is 205 g/mol. The lowest BCUT2D eigenvalue weighted by Crippen LogP contribution is -2.42. The minimum atomic E-state index is 0.0192. The van der Waals surface area contributed by atoms with Gasteiger partial charge in [0.05, 0.1) is 11.4 Å². The Balaban J connectivity index is 2.46. The molecule has 0 saturated heterocycles. The summed E-state index contributed by atoms with van der Waals surface area (Å²) in [5, 5.41) is 0. The standard InChI is InChI=1S/C12H19N3/c1-9(13)12(6-2-3-7-12)11-10(14)5-4-8-15-11/h4-5,8-9H,2-3,6-7,13-14H2,1H3. The molecule has 82 valence electrons. The third-order valence-corrected chi connectivity index (χ3v) is 3.68. The summed E-state index contributed by atoms with van der Waals surface area (Å²) in [5.41, 5.74) is 14.0. The zero-order valence-corrected chi connectivity index (χ0v) is 9.24. The Bertz CT molecular complexity index is 340. The van der Waals surface area contributed by atoms with Crippen LogP contribution in [0.1, 0.15) is 38.3 Å². The molecule has 0 radical (unpaired) electrons. The highest BCUT2D eigenvalue weighted by atomic mass is 14.8. The number of nitrogens with two attached hydrogens (primary N) is 2. The molecule has 0 bridgehead atoms. The molecule has 1 atom stereocenters. The smallest absolute Gasteiger partial charge is 0.0709 e. The van der Waals surface area contributed by atoms with Gasteiger partial charge in [0.25, 0.3) is 0 Å². The predicted molar refractivity (Wildman–Crippen MR) is 62.4 cm³/mol. The van der Waals surface area contributed by atoms with Crippen molar-refractivity contribution < 1.29 is 0 Å². The first-order chi connectivity index (χ1) is 7.17. The Kier molecular flexibility index (Phi) is 2.65. The number of pyridine rings is 1. The summed E-state index contributed by atoms with van der Waals surface area (Å²) in [6, 6.07) is 3.92. The lowest BCUT2D eigenvalue weighted by Gasteiger charge is -2.33. The molecule has 1 aliphatic rings. The van der Waals surface area contributed by atoms with Crippen LogP contribution in [-0.4, -0.2) is 11.0 Å². The SMILES string of the molecule is CC(N)C1(c2ncccc2N)CCCC1. The van der Waals surface area contributed by atoms with Crippen molar-refractivity contribution in [2.75, 3.05) is 5.73 Å². The molecule has 15 heavy (non-hydrogen) atoms. The molecule has 0 amide bonds. The maximum Gasteiger partial charge on any atom is 0.0709 e. The van der Waals surface area contributed by atoms with Gasteiger partial charge in [0.1, 0.15) is 0 Å². The third kappa shape index (κ3) is 1.61. The lowest BCUT2D eigenvalue weighted by molar-refractivity contribution is 0.360. The van der Waals surface area contributed by atoms with Crippen molar-refractivity contribution in [3.8, 4) is 0 Å². The van der Waals surface area contributed by atoms with Crippen molar-refractivity contribution in [2.45, 2.75) is 44.1 Å². The number of hydrogen-bond acceptors (Lipinski definition) is 3. The van der Waals surface area contributed by atoms with Crippen LogP contribution in [0.2, 0.25) is 0 Å². The Morgan fingerprint density at radius 2 is 2.07 bits per heavy atom. The van der Waals surface area contributed by atoms with Crippen LogP contribution < -0.4 is 11.5 Å². The van der Waals surface area contributed by atoms with Gasteiger partial charge in [-0.3, -0.25) is 4.98 Å². The fraction of sp³-hybridized carbons (Fsp3) is 0.583. The van der Waals surface area contributed by atoms with Crippen molar-refractivity contribution in [1.29, 1.82) is 0 Å². The molecule has 1 aliphatic carbocycles. The summed E-state index contributed by atoms with van der Waals surface area (Å²) < 4.78 is 0. The second-order valence-corrected chi connectivity index (χ2v) is 4.59. The Morgan fingerprint density at radius 1 is 1.40 bits per heavy atom. The van der Waals surface area contributed by atoms with Crippen molar-refractivity contribution in [1.82, 2.24) is 4.98 Å². The largest absolute Gasteiger partial charge is 0.397 e. The maximum atomic E-state index is 6.14. The van der Waals surface area contributed by atoms with E-state index in [1.54, 1.807) is 0 Å². The van der Waals surface area contributed by atoms with Crippen LogP contribution in [0.25, 0.3) is 0 Å². The highest BCUT2D eigenvalue weighted by Crippen LogP contribution is 2.44. The number of rotatable bonds is 2. The first-order valence-corrected chi connectivity index (χ1v) is 5.63. The minimum absolute atomic E-state index is 0.0192. The van der Waals surface area contributed by atoms with Crippen LogP contribution >= 0.6 is 0 Å². The number of nitrogen functional groups attached to an aromatic ring is 1. The average Bonchev–Trinajstić information content (AvgIpc) is 2.68. The molecular weight excluding hydrogens is 186 g/mol. The molecule has 1 saturated carbocycles. The fourth-order valence-electron chi connectivity index (χ4n) is 2.75. The van der Waals surface area contributed by atoms with Gasteiger partial charge in [0.15, 0.2) is 0 Å². The highest BCUT2D eigenvalue weighted by molar-refractivity contribution is 5.47. The van der Waals surface area contributed by atoms with Gasteiger partial charge in [0.2, 0.25) is 0 Å². The van der Waals surface area contributed by atoms with E-state index < -0.39 is 0 Å². The molecule has 0 aliphatic heterocycles. The van der Waals surface area contributed by atoms with E-state index in [4.69, 9.17) is 11.5 Å². The molecule has 3 heteroatoms. The molecule has 1 aromatic rings. The summed E-state index contributed by atoms with van der Waals surface area (Å²) in [4.78, 5) is 4.45. The Hall–Kier alpha value is -1.09. The number of aromatic nitrogens is 1. The summed E-state index contributed by atoms with van der Waals surface area (Å²) in [6.07, 6.45) is 6.51. The second-order valence-electron chi connectivity index (χ2n) is 4.59. The molecule has 0 aromatic carbocycles. The van der Waals surface area contributed by atoms with E-state index in [9.17, 15) is 0 Å². The van der Waals surface area contributed by atoms with Crippen LogP contribution in [0, 0.1) is 0 Å². The monoisotopic (exact) mass is 205 g/mol. The van der Waals surface area contributed by atoms with Gasteiger partial charge in [0, 0.05) is 17.7 Å². The summed E-state index contributed by atoms with van der Waals surface area (Å²) in [6.45, 7) is 2.07. The van der Waals surface area contributed by atoms with Gasteiger partial charge in [-0.05, 0) is 31.9 Å². The van der Waals surface area contributed by atoms with E-state index in [1.165, 1.54) is 12.8 Å². The van der Waals surface area contributed by atoms with Gasteiger partial charge < -0.3 is 11.5 Å². The molecule has 1 aromatic heterocycles. The highest BCUT2D eigenvalue weighted by Gasteiger charge is 2.41. The molecular formula is C12H19N3. The van der Waals surface area contributed by atoms with Gasteiger partial charge in [-0.1, -0.05) is 12.8 Å². The minimum Gasteiger partial charge on any atom is -0.397 e. The Morgan fingerprint density at radius 3 is 2.60 bits per heavy atom. The first-order valence-electron chi connectivity index (χ1n) is 5.63. The quantitative estimate of drug-likeness (QED) is 0.774. The van der Waals surface area contributed by atoms with E-state index in [-0.39, 0.29) is 11.5 Å². The Labute approximate surface area is 90.9 Å². The fourth-order valence-corrected chi connectivity index (χ4v) is 2.75. The topological polar surface area (TPSA) is 64.9 Å². The van der Waals surface area contributed by atoms with Crippen molar-refractivity contribution in [3.63, 3.8) is 0 Å². The molecule has 0 spiro atoms. The van der Waals surface area contributed by atoms with Gasteiger partial charge in [-0.15, -0.1) is 0 Å². The van der Waals surface area contributed by atoms with Crippen molar-refractivity contribution in [2.24, 2.45) is 5.73 Å². The van der Waals surface area contributed by atoms with Crippen molar-refractivity contribution in [3.05, 3.63) is 24.0 Å². The second kappa shape index (κ2) is 3.81. The molecule has 4 N–H and O–H groups in total. The molecule has 1 fully saturated rings. The van der Waals surface area contributed by atoms with E-state index in [1.807, 2.05) is 18.3 Å². The van der Waals surface area contributed by atoms with Crippen molar-refractivity contribution >= 4 is 5.69 Å². The van der Waals surface area contributed by atoms with Crippen LogP contribution in [0.3, 0.4) is 0 Å². The van der Waals surface area contributed by atoms with E-state index >= 15 is 0 Å². The van der Waals surface area contributed by atoms with E-state index in [0.29, 0.717) is 0 Å². The lowest BCUT2D eigenvalue weighted by atomic mass is 9.76. The number of anilines is 1. The predicted octanol–water partition coefficient (Wildman–Crippen LogP) is 1.82. The van der Waals surface area contributed by atoms with E-state index in [2.05, 4.69) is 11.9 Å². The summed E-state index contributed by atoms with van der Waals surface area (Å²) >= 11 is 0. The summed E-state index contributed by atoms with van der Waals surface area (Å²) in [7, 11) is 0. The maximum absolute atomic E-state index is 6.14. The number of nitrogens with zero attached hydrogens (tertiary/aromatic N) is 1. The first kappa shape index (κ1) is 10.4. The summed E-state index contributed by atoms with van der Waals surface area (Å²) in [5.74, 6) is 0. The zero-order chi connectivity index (χ0) is 10.9. The molecule has 1 heterocycles. The number of hydrogen-bond donors (Lipinski definition) is 2. The van der Waals surface area contributed by atoms with Gasteiger partial charge >= 0.3 is 0 Å². The zero-order valence-electron chi connectivity index (χ0n) is 9.24. The normalized spacial score (nSPS) is 21.5. The van der Waals surface area contributed by atoms with Gasteiger partial charge in [-0.25, -0.2) is 0 Å². The van der Waals surface area contributed by atoms with E-state index in [0.717, 1.165) is 24.2 Å². The molecule has 3 nitrogen and oxygen atoms in total.